The zero-order valence-electron chi connectivity index (χ0n) is 12.6. The van der Waals surface area contributed by atoms with E-state index in [9.17, 15) is 28.1 Å². The molecule has 0 aliphatic heterocycles. The van der Waals surface area contributed by atoms with Crippen molar-refractivity contribution in [3.63, 3.8) is 0 Å². The number of imidazole rings is 1. The second kappa shape index (κ2) is 7.60. The van der Waals surface area contributed by atoms with Gasteiger partial charge in [0.15, 0.2) is 0 Å². The van der Waals surface area contributed by atoms with E-state index in [0.717, 1.165) is 16.8 Å². The molecule has 1 aromatic heterocycles. The third-order valence-corrected chi connectivity index (χ3v) is 2.99. The maximum atomic E-state index is 12.4. The van der Waals surface area contributed by atoms with Crippen LogP contribution >= 0.6 is 0 Å². The van der Waals surface area contributed by atoms with Crippen molar-refractivity contribution in [2.45, 2.75) is 19.3 Å². The third-order valence-electron chi connectivity index (χ3n) is 2.99. The van der Waals surface area contributed by atoms with Gasteiger partial charge in [0.2, 0.25) is 0 Å². The minimum absolute atomic E-state index is 0.0468. The molecule has 10 heteroatoms. The van der Waals surface area contributed by atoms with Crippen LogP contribution in [0.25, 0.3) is 6.08 Å². The maximum absolute atomic E-state index is 12.4. The Kier molecular flexibility index (Phi) is 5.52. The molecule has 132 valence electrons. The average Bonchev–Trinajstić information content (AvgIpc) is 2.96. The Bertz CT molecular complexity index is 799. The quantitative estimate of drug-likeness (QED) is 0.344. The normalized spacial score (nSPS) is 11.6. The minimum atomic E-state index is -4.42. The summed E-state index contributed by atoms with van der Waals surface area (Å²) in [6.45, 7) is -1.66. The second-order valence-electron chi connectivity index (χ2n) is 4.88. The van der Waals surface area contributed by atoms with Gasteiger partial charge in [0.05, 0.1) is 4.92 Å². The number of benzene rings is 1. The number of ether oxygens (including phenoxy) is 1. The lowest BCUT2D eigenvalue weighted by Gasteiger charge is -2.10. The summed E-state index contributed by atoms with van der Waals surface area (Å²) in [5.41, 5.74) is 0.273. The van der Waals surface area contributed by atoms with E-state index in [0.29, 0.717) is 5.56 Å². The van der Waals surface area contributed by atoms with E-state index in [-0.39, 0.29) is 11.5 Å². The minimum Gasteiger partial charge on any atom is -0.454 e. The van der Waals surface area contributed by atoms with Gasteiger partial charge >= 0.3 is 12.1 Å². The topological polar surface area (TPSA) is 87.3 Å². The van der Waals surface area contributed by atoms with Gasteiger partial charge in [0.1, 0.15) is 19.0 Å². The highest BCUT2D eigenvalue weighted by Gasteiger charge is 2.28. The number of esters is 1. The van der Waals surface area contributed by atoms with Gasteiger partial charge in [-0.3, -0.25) is 10.1 Å². The smallest absolute Gasteiger partial charge is 0.406 e. The first-order valence-corrected chi connectivity index (χ1v) is 6.90. The predicted octanol–water partition coefficient (Wildman–Crippen LogP) is 3.11. The Morgan fingerprint density at radius 3 is 2.84 bits per heavy atom. The first-order valence-electron chi connectivity index (χ1n) is 6.90. The molecule has 0 spiro atoms. The van der Waals surface area contributed by atoms with Gasteiger partial charge in [0, 0.05) is 30.6 Å². The molecule has 0 atom stereocenters. The highest BCUT2D eigenvalue weighted by molar-refractivity contribution is 5.87. The van der Waals surface area contributed by atoms with E-state index in [2.05, 4.69) is 4.98 Å². The number of hydrogen-bond donors (Lipinski definition) is 0. The summed E-state index contributed by atoms with van der Waals surface area (Å²) in [6, 6.07) is 5.57. The number of nitro benzene ring substituents is 1. The fraction of sp³-hybridized carbons (Fsp3) is 0.200. The number of carbonyl (C=O) groups excluding carboxylic acids is 1. The van der Waals surface area contributed by atoms with Gasteiger partial charge in [-0.05, 0) is 11.6 Å². The summed E-state index contributed by atoms with van der Waals surface area (Å²) < 4.78 is 42.8. The predicted molar refractivity (Wildman–Crippen MR) is 80.2 cm³/mol. The molecule has 0 unspecified atom stereocenters. The van der Waals surface area contributed by atoms with Gasteiger partial charge < -0.3 is 9.30 Å². The van der Waals surface area contributed by atoms with Crippen LogP contribution in [0.2, 0.25) is 0 Å². The molecule has 25 heavy (non-hydrogen) atoms. The van der Waals surface area contributed by atoms with Crippen LogP contribution in [-0.2, 0) is 22.7 Å². The molecule has 2 aromatic rings. The van der Waals surface area contributed by atoms with Crippen molar-refractivity contribution in [1.82, 2.24) is 9.55 Å². The number of non-ortho nitro benzene ring substituents is 1. The Labute approximate surface area is 139 Å². The second-order valence-corrected chi connectivity index (χ2v) is 4.88. The van der Waals surface area contributed by atoms with Gasteiger partial charge in [-0.15, -0.1) is 0 Å². The van der Waals surface area contributed by atoms with Crippen molar-refractivity contribution >= 4 is 17.7 Å². The van der Waals surface area contributed by atoms with Crippen LogP contribution in [0, 0.1) is 10.1 Å². The fourth-order valence-electron chi connectivity index (χ4n) is 1.91. The van der Waals surface area contributed by atoms with Gasteiger partial charge in [-0.1, -0.05) is 12.1 Å². The molecule has 0 amide bonds. The fourth-order valence-corrected chi connectivity index (χ4v) is 1.91. The zero-order chi connectivity index (χ0) is 18.4. The van der Waals surface area contributed by atoms with Crippen molar-refractivity contribution < 1.29 is 27.6 Å². The molecular formula is C15H12F3N3O4. The highest BCUT2D eigenvalue weighted by Crippen LogP contribution is 2.18. The zero-order valence-corrected chi connectivity index (χ0v) is 12.6. The van der Waals surface area contributed by atoms with Crippen molar-refractivity contribution in [2.24, 2.45) is 0 Å². The Balaban J connectivity index is 1.94. The molecule has 1 heterocycles. The third kappa shape index (κ3) is 5.75. The van der Waals surface area contributed by atoms with E-state index in [1.54, 1.807) is 6.07 Å². The van der Waals surface area contributed by atoms with Crippen molar-refractivity contribution in [2.75, 3.05) is 0 Å². The SMILES string of the molecule is O=C(/C=C/c1cccc([N+](=O)[O-])c1)OCc1nccn1CC(F)(F)F. The van der Waals surface area contributed by atoms with Crippen LogP contribution in [0.15, 0.2) is 42.7 Å². The van der Waals surface area contributed by atoms with E-state index in [1.807, 2.05) is 0 Å². The Morgan fingerprint density at radius 1 is 1.40 bits per heavy atom. The molecule has 2 rings (SSSR count). The van der Waals surface area contributed by atoms with E-state index >= 15 is 0 Å². The van der Waals surface area contributed by atoms with Crippen LogP contribution in [-0.4, -0.2) is 26.6 Å². The molecule has 0 aliphatic rings. The number of rotatable bonds is 6. The molecule has 0 aliphatic carbocycles. The number of nitrogens with zero attached hydrogens (tertiary/aromatic N) is 3. The first kappa shape index (κ1) is 18.2. The lowest BCUT2D eigenvalue weighted by atomic mass is 10.2. The van der Waals surface area contributed by atoms with Gasteiger partial charge in [-0.25, -0.2) is 9.78 Å². The van der Waals surface area contributed by atoms with E-state index < -0.39 is 30.2 Å². The maximum Gasteiger partial charge on any atom is 0.406 e. The van der Waals surface area contributed by atoms with Crippen LogP contribution in [0.5, 0.6) is 0 Å². The molecule has 0 radical (unpaired) electrons. The summed E-state index contributed by atoms with van der Waals surface area (Å²) >= 11 is 0. The molecule has 0 bridgehead atoms. The van der Waals surface area contributed by atoms with Crippen molar-refractivity contribution in [3.05, 3.63) is 64.2 Å². The Hall–Kier alpha value is -3.17. The van der Waals surface area contributed by atoms with Crippen LogP contribution < -0.4 is 0 Å². The molecule has 0 saturated heterocycles. The van der Waals surface area contributed by atoms with Crippen LogP contribution in [0.1, 0.15) is 11.4 Å². The first-order chi connectivity index (χ1) is 11.7. The molecular weight excluding hydrogens is 343 g/mol. The number of hydrogen-bond acceptors (Lipinski definition) is 5. The van der Waals surface area contributed by atoms with Crippen molar-refractivity contribution in [3.8, 4) is 0 Å². The largest absolute Gasteiger partial charge is 0.454 e. The van der Waals surface area contributed by atoms with Gasteiger partial charge in [0.25, 0.3) is 5.69 Å². The summed E-state index contributed by atoms with van der Waals surface area (Å²) in [4.78, 5) is 25.4. The number of alkyl halides is 3. The number of carbonyl (C=O) groups is 1. The van der Waals surface area contributed by atoms with Crippen LogP contribution in [0.4, 0.5) is 18.9 Å². The van der Waals surface area contributed by atoms with E-state index in [4.69, 9.17) is 4.74 Å². The van der Waals surface area contributed by atoms with Gasteiger partial charge in [-0.2, -0.15) is 13.2 Å². The van der Waals surface area contributed by atoms with Crippen molar-refractivity contribution in [1.29, 1.82) is 0 Å². The molecule has 1 aromatic carbocycles. The number of nitro groups is 1. The number of halogens is 3. The van der Waals surface area contributed by atoms with E-state index in [1.165, 1.54) is 30.5 Å². The number of aromatic nitrogens is 2. The Morgan fingerprint density at radius 2 is 2.16 bits per heavy atom. The lowest BCUT2D eigenvalue weighted by Crippen LogP contribution is -2.19. The summed E-state index contributed by atoms with van der Waals surface area (Å²) in [7, 11) is 0. The standard InChI is InChI=1S/C15H12F3N3O4/c16-15(17,18)10-20-7-6-19-13(20)9-25-14(22)5-4-11-2-1-3-12(8-11)21(23)24/h1-8H,9-10H2/b5-4+. The molecule has 0 fully saturated rings. The summed E-state index contributed by atoms with van der Waals surface area (Å²) in [5, 5.41) is 10.7. The monoisotopic (exact) mass is 355 g/mol. The summed E-state index contributed by atoms with van der Waals surface area (Å²) in [6.07, 6.45) is 0.221. The summed E-state index contributed by atoms with van der Waals surface area (Å²) in [5.74, 6) is -0.859. The lowest BCUT2D eigenvalue weighted by molar-refractivity contribution is -0.384. The van der Waals surface area contributed by atoms with Crippen LogP contribution in [0.3, 0.4) is 0 Å². The molecule has 0 N–H and O–H groups in total. The highest BCUT2D eigenvalue weighted by atomic mass is 19.4. The average molecular weight is 355 g/mol. The molecule has 7 nitrogen and oxygen atoms in total. The molecule has 0 saturated carbocycles.